The summed E-state index contributed by atoms with van der Waals surface area (Å²) in [6.07, 6.45) is 2.29. The quantitative estimate of drug-likeness (QED) is 0.417. The summed E-state index contributed by atoms with van der Waals surface area (Å²) in [7, 11) is 1.56. The molecule has 33 heavy (non-hydrogen) atoms. The SMILES string of the molecule is COc1ccc2c(C)c(CCC(=O)N=c3ccccn3Cc3ccc(C)cc3)c(=O)oc2c1. The molecule has 0 N–H and O–H groups in total. The zero-order valence-electron chi connectivity index (χ0n) is 19.0. The number of aromatic nitrogens is 1. The molecule has 0 unspecified atom stereocenters. The van der Waals surface area contributed by atoms with Gasteiger partial charge in [0.2, 0.25) is 5.91 Å². The van der Waals surface area contributed by atoms with Crippen molar-refractivity contribution in [2.45, 2.75) is 33.2 Å². The normalized spacial score (nSPS) is 11.7. The van der Waals surface area contributed by atoms with Crippen molar-refractivity contribution in [2.24, 2.45) is 4.99 Å². The smallest absolute Gasteiger partial charge is 0.339 e. The average Bonchev–Trinajstić information content (AvgIpc) is 2.81. The van der Waals surface area contributed by atoms with E-state index < -0.39 is 5.63 Å². The van der Waals surface area contributed by atoms with Crippen molar-refractivity contribution in [3.8, 4) is 5.75 Å². The average molecular weight is 443 g/mol. The van der Waals surface area contributed by atoms with Gasteiger partial charge in [-0.05, 0) is 55.7 Å². The summed E-state index contributed by atoms with van der Waals surface area (Å²) in [4.78, 5) is 29.5. The van der Waals surface area contributed by atoms with Crippen molar-refractivity contribution in [3.63, 3.8) is 0 Å². The molecule has 0 aliphatic rings. The van der Waals surface area contributed by atoms with Gasteiger partial charge >= 0.3 is 5.63 Å². The van der Waals surface area contributed by atoms with Gasteiger partial charge in [-0.1, -0.05) is 35.9 Å². The van der Waals surface area contributed by atoms with Gasteiger partial charge in [0, 0.05) is 36.2 Å². The van der Waals surface area contributed by atoms with E-state index in [4.69, 9.17) is 9.15 Å². The molecular weight excluding hydrogens is 416 g/mol. The molecule has 6 nitrogen and oxygen atoms in total. The maximum absolute atomic E-state index is 12.7. The molecule has 0 spiro atoms. The summed E-state index contributed by atoms with van der Waals surface area (Å²) in [5.41, 5.74) is 4.25. The number of fused-ring (bicyclic) bond motifs is 1. The maximum atomic E-state index is 12.7. The van der Waals surface area contributed by atoms with Gasteiger partial charge in [-0.25, -0.2) is 4.79 Å². The lowest BCUT2D eigenvalue weighted by molar-refractivity contribution is -0.118. The highest BCUT2D eigenvalue weighted by atomic mass is 16.5. The van der Waals surface area contributed by atoms with Crippen LogP contribution in [-0.4, -0.2) is 17.6 Å². The fourth-order valence-corrected chi connectivity index (χ4v) is 3.80. The Balaban J connectivity index is 1.55. The van der Waals surface area contributed by atoms with Crippen molar-refractivity contribution < 1.29 is 13.9 Å². The minimum absolute atomic E-state index is 0.118. The molecule has 0 atom stereocenters. The van der Waals surface area contributed by atoms with Gasteiger partial charge < -0.3 is 13.7 Å². The van der Waals surface area contributed by atoms with Crippen LogP contribution < -0.4 is 15.9 Å². The van der Waals surface area contributed by atoms with Gasteiger partial charge in [0.1, 0.15) is 16.8 Å². The molecule has 168 valence electrons. The van der Waals surface area contributed by atoms with Gasteiger partial charge in [0.05, 0.1) is 7.11 Å². The highest BCUT2D eigenvalue weighted by Crippen LogP contribution is 2.24. The minimum atomic E-state index is -0.435. The molecule has 0 fully saturated rings. The first kappa shape index (κ1) is 22.3. The molecule has 6 heteroatoms. The molecule has 0 aliphatic heterocycles. The van der Waals surface area contributed by atoms with E-state index in [0.717, 1.165) is 16.5 Å². The molecule has 2 aromatic carbocycles. The summed E-state index contributed by atoms with van der Waals surface area (Å²) < 4.78 is 12.6. The van der Waals surface area contributed by atoms with E-state index in [1.54, 1.807) is 13.2 Å². The minimum Gasteiger partial charge on any atom is -0.497 e. The number of ether oxygens (including phenoxy) is 1. The van der Waals surface area contributed by atoms with E-state index in [2.05, 4.69) is 29.3 Å². The number of pyridine rings is 1. The second kappa shape index (κ2) is 9.69. The van der Waals surface area contributed by atoms with E-state index in [-0.39, 0.29) is 18.7 Å². The number of rotatable bonds is 6. The number of carbonyl (C=O) groups is 1. The Morgan fingerprint density at radius 1 is 1.06 bits per heavy atom. The number of benzene rings is 2. The van der Waals surface area contributed by atoms with Crippen molar-refractivity contribution in [3.05, 3.63) is 105 Å². The van der Waals surface area contributed by atoms with Crippen LogP contribution in [0.3, 0.4) is 0 Å². The predicted octanol–water partition coefficient (Wildman–Crippen LogP) is 4.33. The van der Waals surface area contributed by atoms with E-state index in [9.17, 15) is 9.59 Å². The lowest BCUT2D eigenvalue weighted by Crippen LogP contribution is -2.22. The van der Waals surface area contributed by atoms with Crippen molar-refractivity contribution >= 4 is 16.9 Å². The molecule has 2 heterocycles. The van der Waals surface area contributed by atoms with E-state index >= 15 is 0 Å². The van der Waals surface area contributed by atoms with Crippen molar-refractivity contribution in [1.29, 1.82) is 0 Å². The third kappa shape index (κ3) is 5.12. The molecule has 0 bridgehead atoms. The van der Waals surface area contributed by atoms with Gasteiger partial charge in [0.25, 0.3) is 0 Å². The largest absolute Gasteiger partial charge is 0.497 e. The van der Waals surface area contributed by atoms with E-state index in [1.165, 1.54) is 5.56 Å². The number of hydrogen-bond donors (Lipinski definition) is 0. The number of nitrogens with zero attached hydrogens (tertiary/aromatic N) is 2. The maximum Gasteiger partial charge on any atom is 0.339 e. The Kier molecular flexibility index (Phi) is 6.54. The molecule has 0 saturated heterocycles. The predicted molar refractivity (Wildman–Crippen MR) is 127 cm³/mol. The standard InChI is InChI=1S/C27H26N2O4/c1-18-7-9-20(10-8-18)17-29-15-5-4-6-25(29)28-26(30)14-13-23-19(2)22-12-11-21(32-3)16-24(22)33-27(23)31/h4-12,15-16H,13-14,17H2,1-3H3. The Morgan fingerprint density at radius 3 is 2.61 bits per heavy atom. The molecule has 0 radical (unpaired) electrons. The van der Waals surface area contributed by atoms with Gasteiger partial charge in [-0.2, -0.15) is 4.99 Å². The highest BCUT2D eigenvalue weighted by Gasteiger charge is 2.13. The van der Waals surface area contributed by atoms with Crippen LogP contribution >= 0.6 is 0 Å². The molecule has 4 rings (SSSR count). The third-order valence-electron chi connectivity index (χ3n) is 5.71. The summed E-state index contributed by atoms with van der Waals surface area (Å²) in [6.45, 7) is 4.53. The summed E-state index contributed by atoms with van der Waals surface area (Å²) >= 11 is 0. The Hall–Kier alpha value is -3.93. The molecular formula is C27H26N2O4. The van der Waals surface area contributed by atoms with Crippen LogP contribution in [0.1, 0.15) is 28.7 Å². The van der Waals surface area contributed by atoms with Gasteiger partial charge in [-0.3, -0.25) is 4.79 Å². The van der Waals surface area contributed by atoms with Gasteiger partial charge in [0.15, 0.2) is 0 Å². The Bertz CT molecular complexity index is 1430. The second-order valence-corrected chi connectivity index (χ2v) is 8.03. The van der Waals surface area contributed by atoms with Crippen LogP contribution in [0.5, 0.6) is 5.75 Å². The topological polar surface area (TPSA) is 73.8 Å². The molecule has 2 aromatic heterocycles. The number of hydrogen-bond acceptors (Lipinski definition) is 4. The summed E-state index contributed by atoms with van der Waals surface area (Å²) in [5.74, 6) is 0.334. The van der Waals surface area contributed by atoms with Crippen LogP contribution in [0.15, 0.2) is 81.1 Å². The van der Waals surface area contributed by atoms with E-state index in [0.29, 0.717) is 28.9 Å². The first-order valence-electron chi connectivity index (χ1n) is 10.8. The number of carbonyl (C=O) groups excluding carboxylic acids is 1. The lowest BCUT2D eigenvalue weighted by atomic mass is 10.0. The fourth-order valence-electron chi connectivity index (χ4n) is 3.80. The molecule has 1 amide bonds. The van der Waals surface area contributed by atoms with Crippen LogP contribution in [0, 0.1) is 13.8 Å². The van der Waals surface area contributed by atoms with Crippen molar-refractivity contribution in [2.75, 3.05) is 7.11 Å². The lowest BCUT2D eigenvalue weighted by Gasteiger charge is -2.09. The van der Waals surface area contributed by atoms with Crippen LogP contribution in [0.25, 0.3) is 11.0 Å². The van der Waals surface area contributed by atoms with Crippen LogP contribution in [0.4, 0.5) is 0 Å². The molecule has 4 aromatic rings. The summed E-state index contributed by atoms with van der Waals surface area (Å²) in [5, 5.41) is 0.828. The monoisotopic (exact) mass is 442 g/mol. The van der Waals surface area contributed by atoms with Crippen molar-refractivity contribution in [1.82, 2.24) is 4.57 Å². The molecule has 0 saturated carbocycles. The number of amides is 1. The number of methoxy groups -OCH3 is 1. The van der Waals surface area contributed by atoms with E-state index in [1.807, 2.05) is 54.9 Å². The highest BCUT2D eigenvalue weighted by molar-refractivity contribution is 5.83. The first-order valence-corrected chi connectivity index (χ1v) is 10.8. The number of aryl methyl sites for hydroxylation is 2. The zero-order valence-corrected chi connectivity index (χ0v) is 19.0. The molecule has 0 aliphatic carbocycles. The Morgan fingerprint density at radius 2 is 1.85 bits per heavy atom. The zero-order chi connectivity index (χ0) is 23.4. The Labute approximate surface area is 191 Å². The fraction of sp³-hybridized carbons (Fsp3) is 0.222. The summed E-state index contributed by atoms with van der Waals surface area (Å²) in [6, 6.07) is 19.2. The second-order valence-electron chi connectivity index (χ2n) is 8.03. The van der Waals surface area contributed by atoms with Gasteiger partial charge in [-0.15, -0.1) is 0 Å². The third-order valence-corrected chi connectivity index (χ3v) is 5.71. The first-order chi connectivity index (χ1) is 15.9. The van der Waals surface area contributed by atoms with Crippen LogP contribution in [-0.2, 0) is 17.8 Å². The van der Waals surface area contributed by atoms with Crippen LogP contribution in [0.2, 0.25) is 0 Å².